The molecule has 0 amide bonds. The number of aromatic hydroxyl groups is 1. The Morgan fingerprint density at radius 3 is 2.65 bits per heavy atom. The number of benzene rings is 2. The molecule has 2 aromatic carbocycles. The van der Waals surface area contributed by atoms with E-state index >= 15 is 0 Å². The Hall–Kier alpha value is -2.91. The van der Waals surface area contributed by atoms with Crippen molar-refractivity contribution in [2.45, 2.75) is 13.0 Å². The van der Waals surface area contributed by atoms with Crippen LogP contribution in [0.5, 0.6) is 5.75 Å². The first-order valence-electron chi connectivity index (χ1n) is 9.00. The lowest BCUT2D eigenvalue weighted by atomic mass is 10.1. The van der Waals surface area contributed by atoms with Gasteiger partial charge in [0.1, 0.15) is 11.3 Å². The summed E-state index contributed by atoms with van der Waals surface area (Å²) < 4.78 is 0. The van der Waals surface area contributed by atoms with E-state index in [9.17, 15) is 5.11 Å². The Kier molecular flexibility index (Phi) is 4.80. The van der Waals surface area contributed by atoms with E-state index in [-0.39, 0.29) is 5.75 Å². The van der Waals surface area contributed by atoms with Gasteiger partial charge in [-0.15, -0.1) is 0 Å². The fourth-order valence-electron chi connectivity index (χ4n) is 3.30. The summed E-state index contributed by atoms with van der Waals surface area (Å²) in [7, 11) is 0. The number of fused-ring (bicyclic) bond motifs is 1. The average molecular weight is 342 g/mol. The second-order valence-electron chi connectivity index (χ2n) is 6.67. The van der Waals surface area contributed by atoms with Crippen LogP contribution in [0.3, 0.4) is 0 Å². The van der Waals surface area contributed by atoms with Crippen LogP contribution < -0.4 is 0 Å². The van der Waals surface area contributed by atoms with Gasteiger partial charge in [-0.2, -0.15) is 0 Å². The van der Waals surface area contributed by atoms with E-state index in [4.69, 9.17) is 0 Å². The maximum atomic E-state index is 9.96. The SMILES string of the molecule is Oc1cccc2ccc(/C=C/C3=CCN(Cc4ccccc4)CC3)nc12. The molecule has 130 valence electrons. The van der Waals surface area contributed by atoms with Crippen LogP contribution in [-0.2, 0) is 6.54 Å². The molecule has 3 nitrogen and oxygen atoms in total. The molecule has 1 N–H and O–H groups in total. The molecule has 0 saturated carbocycles. The second kappa shape index (κ2) is 7.54. The van der Waals surface area contributed by atoms with Crippen LogP contribution in [0.15, 0.2) is 78.4 Å². The van der Waals surface area contributed by atoms with Gasteiger partial charge >= 0.3 is 0 Å². The molecule has 0 bridgehead atoms. The average Bonchev–Trinajstić information content (AvgIpc) is 2.69. The van der Waals surface area contributed by atoms with Gasteiger partial charge in [0.15, 0.2) is 0 Å². The van der Waals surface area contributed by atoms with E-state index in [0.717, 1.165) is 37.1 Å². The van der Waals surface area contributed by atoms with Crippen molar-refractivity contribution < 1.29 is 5.11 Å². The molecule has 1 aliphatic heterocycles. The van der Waals surface area contributed by atoms with Gasteiger partial charge in [-0.3, -0.25) is 4.90 Å². The molecule has 1 aliphatic rings. The van der Waals surface area contributed by atoms with Crippen molar-refractivity contribution in [3.63, 3.8) is 0 Å². The summed E-state index contributed by atoms with van der Waals surface area (Å²) in [4.78, 5) is 7.01. The van der Waals surface area contributed by atoms with Crippen molar-refractivity contribution in [3.8, 4) is 5.75 Å². The molecule has 0 radical (unpaired) electrons. The molecule has 26 heavy (non-hydrogen) atoms. The molecule has 0 saturated heterocycles. The number of pyridine rings is 1. The number of phenols is 1. The topological polar surface area (TPSA) is 36.4 Å². The summed E-state index contributed by atoms with van der Waals surface area (Å²) in [5.41, 5.74) is 4.22. The van der Waals surface area contributed by atoms with Crippen molar-refractivity contribution in [2.24, 2.45) is 0 Å². The van der Waals surface area contributed by atoms with E-state index in [1.54, 1.807) is 6.07 Å². The van der Waals surface area contributed by atoms with Crippen LogP contribution in [0.1, 0.15) is 17.7 Å². The molecule has 0 unspecified atom stereocenters. The van der Waals surface area contributed by atoms with E-state index < -0.39 is 0 Å². The smallest absolute Gasteiger partial charge is 0.141 e. The predicted molar refractivity (Wildman–Crippen MR) is 107 cm³/mol. The molecular formula is C23H22N2O. The third-order valence-corrected chi connectivity index (χ3v) is 4.77. The first kappa shape index (κ1) is 16.6. The number of nitrogens with zero attached hydrogens (tertiary/aromatic N) is 2. The van der Waals surface area contributed by atoms with Crippen molar-refractivity contribution in [3.05, 3.63) is 89.6 Å². The van der Waals surface area contributed by atoms with Crippen LogP contribution in [0.4, 0.5) is 0 Å². The molecule has 0 spiro atoms. The highest BCUT2D eigenvalue weighted by molar-refractivity contribution is 5.85. The zero-order valence-corrected chi connectivity index (χ0v) is 14.7. The first-order valence-corrected chi connectivity index (χ1v) is 9.00. The summed E-state index contributed by atoms with van der Waals surface area (Å²) in [6.07, 6.45) is 7.52. The van der Waals surface area contributed by atoms with Crippen molar-refractivity contribution in [1.29, 1.82) is 0 Å². The lowest BCUT2D eigenvalue weighted by Gasteiger charge is -2.25. The number of hydrogen-bond donors (Lipinski definition) is 1. The summed E-state index contributed by atoms with van der Waals surface area (Å²) in [6, 6.07) is 20.1. The summed E-state index contributed by atoms with van der Waals surface area (Å²) in [5, 5.41) is 10.9. The fourth-order valence-corrected chi connectivity index (χ4v) is 3.30. The van der Waals surface area contributed by atoms with E-state index in [0.29, 0.717) is 5.52 Å². The fraction of sp³-hybridized carbons (Fsp3) is 0.174. The Balaban J connectivity index is 1.42. The zero-order valence-electron chi connectivity index (χ0n) is 14.7. The minimum Gasteiger partial charge on any atom is -0.506 e. The molecule has 3 aromatic rings. The molecule has 0 fully saturated rings. The van der Waals surface area contributed by atoms with Crippen LogP contribution >= 0.6 is 0 Å². The lowest BCUT2D eigenvalue weighted by molar-refractivity contribution is 0.287. The van der Waals surface area contributed by atoms with Crippen molar-refractivity contribution in [2.75, 3.05) is 13.1 Å². The molecule has 4 rings (SSSR count). The van der Waals surface area contributed by atoms with Gasteiger partial charge in [-0.05, 0) is 35.8 Å². The number of aromatic nitrogens is 1. The zero-order chi connectivity index (χ0) is 17.8. The Bertz CT molecular complexity index is 960. The largest absolute Gasteiger partial charge is 0.506 e. The highest BCUT2D eigenvalue weighted by Gasteiger charge is 2.10. The first-order chi connectivity index (χ1) is 12.8. The predicted octanol–water partition coefficient (Wildman–Crippen LogP) is 4.79. The summed E-state index contributed by atoms with van der Waals surface area (Å²) in [6.45, 7) is 3.04. The van der Waals surface area contributed by atoms with E-state index in [2.05, 4.69) is 52.4 Å². The van der Waals surface area contributed by atoms with Crippen LogP contribution in [0.25, 0.3) is 17.0 Å². The lowest BCUT2D eigenvalue weighted by Crippen LogP contribution is -2.27. The minimum absolute atomic E-state index is 0.228. The standard InChI is InChI=1S/C23H22N2O/c26-22-8-4-7-20-10-12-21(24-23(20)22)11-9-18-13-15-25(16-14-18)17-19-5-2-1-3-6-19/h1-13,26H,14-17H2/b11-9+. The van der Waals surface area contributed by atoms with Gasteiger partial charge in [0.2, 0.25) is 0 Å². The van der Waals surface area contributed by atoms with Crippen LogP contribution in [0, 0.1) is 0 Å². The van der Waals surface area contributed by atoms with Gasteiger partial charge < -0.3 is 5.11 Å². The summed E-state index contributed by atoms with van der Waals surface area (Å²) in [5.74, 6) is 0.228. The van der Waals surface area contributed by atoms with Gasteiger partial charge in [0.25, 0.3) is 0 Å². The van der Waals surface area contributed by atoms with Gasteiger partial charge in [0.05, 0.1) is 5.69 Å². The number of allylic oxidation sites excluding steroid dienone is 1. The van der Waals surface area contributed by atoms with Crippen molar-refractivity contribution >= 4 is 17.0 Å². The Morgan fingerprint density at radius 2 is 1.85 bits per heavy atom. The van der Waals surface area contributed by atoms with Gasteiger partial charge in [0, 0.05) is 25.0 Å². The normalized spacial score (nSPS) is 15.5. The highest BCUT2D eigenvalue weighted by Crippen LogP contribution is 2.23. The molecule has 0 aliphatic carbocycles. The monoisotopic (exact) mass is 342 g/mol. The maximum absolute atomic E-state index is 9.96. The quantitative estimate of drug-likeness (QED) is 0.741. The van der Waals surface area contributed by atoms with Crippen molar-refractivity contribution in [1.82, 2.24) is 9.88 Å². The summed E-state index contributed by atoms with van der Waals surface area (Å²) >= 11 is 0. The van der Waals surface area contributed by atoms with Gasteiger partial charge in [-0.1, -0.05) is 60.7 Å². The second-order valence-corrected chi connectivity index (χ2v) is 6.67. The number of para-hydroxylation sites is 1. The number of rotatable bonds is 4. The van der Waals surface area contributed by atoms with E-state index in [1.807, 2.05) is 30.3 Å². The molecule has 3 heteroatoms. The third-order valence-electron chi connectivity index (χ3n) is 4.77. The van der Waals surface area contributed by atoms with Gasteiger partial charge in [-0.25, -0.2) is 4.98 Å². The number of hydrogen-bond acceptors (Lipinski definition) is 3. The third kappa shape index (κ3) is 3.84. The molecular weight excluding hydrogens is 320 g/mol. The molecule has 0 atom stereocenters. The Labute approximate surface area is 153 Å². The van der Waals surface area contributed by atoms with Crippen LogP contribution in [0.2, 0.25) is 0 Å². The molecule has 1 aromatic heterocycles. The van der Waals surface area contributed by atoms with Crippen LogP contribution in [-0.4, -0.2) is 28.1 Å². The molecule has 2 heterocycles. The Morgan fingerprint density at radius 1 is 0.962 bits per heavy atom. The maximum Gasteiger partial charge on any atom is 0.141 e. The minimum atomic E-state index is 0.228. The van der Waals surface area contributed by atoms with E-state index in [1.165, 1.54) is 11.1 Å². The highest BCUT2D eigenvalue weighted by atomic mass is 16.3. The number of phenolic OH excluding ortho intramolecular Hbond substituents is 1.